The van der Waals surface area contributed by atoms with Crippen LogP contribution in [0, 0.1) is 0 Å². The molecule has 0 saturated heterocycles. The second-order valence-electron chi connectivity index (χ2n) is 2.76. The van der Waals surface area contributed by atoms with E-state index in [1.807, 2.05) is 0 Å². The average Bonchev–Trinajstić information content (AvgIpc) is 2.52. The lowest BCUT2D eigenvalue weighted by Crippen LogP contribution is -2.16. The second kappa shape index (κ2) is 4.41. The molecule has 0 saturated carbocycles. The molecule has 1 rings (SSSR count). The van der Waals surface area contributed by atoms with E-state index in [0.29, 0.717) is 11.3 Å². The Morgan fingerprint density at radius 3 is 2.93 bits per heavy atom. The van der Waals surface area contributed by atoms with Crippen molar-refractivity contribution in [3.05, 3.63) is 29.7 Å². The van der Waals surface area contributed by atoms with Crippen molar-refractivity contribution in [3.63, 3.8) is 0 Å². The lowest BCUT2D eigenvalue weighted by atomic mass is 10.3. The van der Waals surface area contributed by atoms with E-state index in [-0.39, 0.29) is 6.61 Å². The Kier molecular flexibility index (Phi) is 3.45. The predicted octanol–water partition coefficient (Wildman–Crippen LogP) is 0.903. The summed E-state index contributed by atoms with van der Waals surface area (Å²) in [7, 11) is -3.87. The van der Waals surface area contributed by atoms with E-state index in [1.54, 1.807) is 25.1 Å². The third-order valence-electron chi connectivity index (χ3n) is 1.38. The van der Waals surface area contributed by atoms with Crippen LogP contribution < -0.4 is 5.14 Å². The van der Waals surface area contributed by atoms with Gasteiger partial charge in [-0.3, -0.25) is 4.18 Å². The molecule has 0 amide bonds. The van der Waals surface area contributed by atoms with E-state index in [2.05, 4.69) is 9.32 Å². The Balaban J connectivity index is 2.55. The molecule has 0 unspecified atom stereocenters. The van der Waals surface area contributed by atoms with Gasteiger partial charge in [-0.25, -0.2) is 5.14 Å². The van der Waals surface area contributed by atoms with E-state index in [0.717, 1.165) is 0 Å². The highest BCUT2D eigenvalue weighted by Crippen LogP contribution is 2.07. The summed E-state index contributed by atoms with van der Waals surface area (Å²) in [5.41, 5.74) is 0.703. The van der Waals surface area contributed by atoms with Gasteiger partial charge in [0.2, 0.25) is 0 Å². The maximum absolute atomic E-state index is 10.4. The van der Waals surface area contributed by atoms with Crippen molar-refractivity contribution in [2.24, 2.45) is 5.14 Å². The SMILES string of the molecule is C/C(=C\c1ccco1)COS(N)(=O)=O. The molecule has 0 atom stereocenters. The fourth-order valence-electron chi connectivity index (χ4n) is 0.833. The van der Waals surface area contributed by atoms with Crippen LogP contribution >= 0.6 is 0 Å². The topological polar surface area (TPSA) is 82.5 Å². The molecule has 0 aliphatic rings. The van der Waals surface area contributed by atoms with Crippen molar-refractivity contribution in [1.29, 1.82) is 0 Å². The number of hydrogen-bond acceptors (Lipinski definition) is 4. The molecule has 0 fully saturated rings. The molecule has 14 heavy (non-hydrogen) atoms. The van der Waals surface area contributed by atoms with Gasteiger partial charge < -0.3 is 4.42 Å². The van der Waals surface area contributed by atoms with Gasteiger partial charge in [-0.2, -0.15) is 8.42 Å². The first kappa shape index (κ1) is 11.0. The Hall–Kier alpha value is -1.11. The second-order valence-corrected chi connectivity index (χ2v) is 3.98. The fraction of sp³-hybridized carbons (Fsp3) is 0.250. The maximum atomic E-state index is 10.4. The minimum Gasteiger partial charge on any atom is -0.465 e. The van der Waals surface area contributed by atoms with Crippen molar-refractivity contribution in [1.82, 2.24) is 0 Å². The maximum Gasteiger partial charge on any atom is 0.333 e. The molecule has 1 aromatic rings. The van der Waals surface area contributed by atoms with Crippen molar-refractivity contribution in [2.75, 3.05) is 6.61 Å². The van der Waals surface area contributed by atoms with Crippen LogP contribution in [0.3, 0.4) is 0 Å². The Bertz CT molecular complexity index is 405. The van der Waals surface area contributed by atoms with Crippen molar-refractivity contribution in [2.45, 2.75) is 6.92 Å². The zero-order chi connectivity index (χ0) is 10.6. The zero-order valence-electron chi connectivity index (χ0n) is 7.64. The van der Waals surface area contributed by atoms with Crippen LogP contribution in [0.15, 0.2) is 28.4 Å². The first-order chi connectivity index (χ1) is 6.47. The van der Waals surface area contributed by atoms with Crippen molar-refractivity contribution < 1.29 is 17.0 Å². The smallest absolute Gasteiger partial charge is 0.333 e. The third kappa shape index (κ3) is 4.22. The molecule has 0 aromatic carbocycles. The van der Waals surface area contributed by atoms with E-state index in [1.165, 1.54) is 6.26 Å². The molecule has 1 aromatic heterocycles. The van der Waals surface area contributed by atoms with Crippen LogP contribution in [0.4, 0.5) is 0 Å². The van der Waals surface area contributed by atoms with Gasteiger partial charge in [0.1, 0.15) is 5.76 Å². The number of hydrogen-bond donors (Lipinski definition) is 1. The molecule has 0 radical (unpaired) electrons. The van der Waals surface area contributed by atoms with Gasteiger partial charge in [0.05, 0.1) is 12.9 Å². The van der Waals surface area contributed by atoms with Crippen LogP contribution in [0.25, 0.3) is 6.08 Å². The van der Waals surface area contributed by atoms with Crippen LogP contribution in [0.5, 0.6) is 0 Å². The van der Waals surface area contributed by atoms with E-state index in [9.17, 15) is 8.42 Å². The summed E-state index contributed by atoms with van der Waals surface area (Å²) in [6.45, 7) is 1.65. The van der Waals surface area contributed by atoms with Crippen LogP contribution in [0.1, 0.15) is 12.7 Å². The van der Waals surface area contributed by atoms with Gasteiger partial charge in [-0.15, -0.1) is 0 Å². The van der Waals surface area contributed by atoms with Crippen LogP contribution in [-0.4, -0.2) is 15.0 Å². The van der Waals surface area contributed by atoms with Gasteiger partial charge in [-0.05, 0) is 30.7 Å². The molecule has 6 heteroatoms. The quantitative estimate of drug-likeness (QED) is 0.812. The highest BCUT2D eigenvalue weighted by molar-refractivity contribution is 7.84. The summed E-state index contributed by atoms with van der Waals surface area (Å²) in [5.74, 6) is 0.639. The largest absolute Gasteiger partial charge is 0.465 e. The van der Waals surface area contributed by atoms with Crippen molar-refractivity contribution >= 4 is 16.4 Å². The Morgan fingerprint density at radius 2 is 2.43 bits per heavy atom. The average molecular weight is 217 g/mol. The summed E-state index contributed by atoms with van der Waals surface area (Å²) < 4.78 is 30.3. The fourth-order valence-corrected chi connectivity index (χ4v) is 1.18. The number of furan rings is 1. The summed E-state index contributed by atoms with van der Waals surface area (Å²) >= 11 is 0. The lowest BCUT2D eigenvalue weighted by molar-refractivity contribution is 0.349. The van der Waals surface area contributed by atoms with E-state index < -0.39 is 10.3 Å². The highest BCUT2D eigenvalue weighted by atomic mass is 32.2. The molecule has 0 aliphatic carbocycles. The first-order valence-corrected chi connectivity index (χ1v) is 5.32. The normalized spacial score (nSPS) is 13.1. The molecule has 0 spiro atoms. The number of nitrogens with two attached hydrogens (primary N) is 1. The lowest BCUT2D eigenvalue weighted by Gasteiger charge is -1.99. The Labute approximate surface area is 82.4 Å². The Morgan fingerprint density at radius 1 is 1.71 bits per heavy atom. The predicted molar refractivity (Wildman–Crippen MR) is 51.4 cm³/mol. The minimum atomic E-state index is -3.87. The van der Waals surface area contributed by atoms with Gasteiger partial charge >= 0.3 is 10.3 Å². The molecule has 0 bridgehead atoms. The standard InChI is InChI=1S/C8H11NO4S/c1-7(6-13-14(9,10)11)5-8-3-2-4-12-8/h2-5H,6H2,1H3,(H2,9,10,11)/b7-5+. The molecular formula is C8H11NO4S. The molecule has 1 heterocycles. The van der Waals surface area contributed by atoms with Crippen LogP contribution in [-0.2, 0) is 14.5 Å². The molecule has 78 valence electrons. The molecular weight excluding hydrogens is 206 g/mol. The third-order valence-corrected chi connectivity index (χ3v) is 1.83. The van der Waals surface area contributed by atoms with Crippen LogP contribution in [0.2, 0.25) is 0 Å². The van der Waals surface area contributed by atoms with Crippen molar-refractivity contribution in [3.8, 4) is 0 Å². The van der Waals surface area contributed by atoms with E-state index >= 15 is 0 Å². The molecule has 5 nitrogen and oxygen atoms in total. The van der Waals surface area contributed by atoms with Gasteiger partial charge in [0, 0.05) is 0 Å². The first-order valence-electron chi connectivity index (χ1n) is 3.85. The molecule has 0 aliphatic heterocycles. The summed E-state index contributed by atoms with van der Waals surface area (Å²) in [6, 6.07) is 3.49. The summed E-state index contributed by atoms with van der Waals surface area (Å²) in [6.07, 6.45) is 3.20. The number of rotatable bonds is 4. The van der Waals surface area contributed by atoms with E-state index in [4.69, 9.17) is 4.42 Å². The summed E-state index contributed by atoms with van der Waals surface area (Å²) in [5, 5.41) is 4.66. The molecule has 2 N–H and O–H groups in total. The minimum absolute atomic E-state index is 0.0699. The monoisotopic (exact) mass is 217 g/mol. The van der Waals surface area contributed by atoms with Gasteiger partial charge in [0.15, 0.2) is 0 Å². The van der Waals surface area contributed by atoms with Gasteiger partial charge in [0.25, 0.3) is 0 Å². The van der Waals surface area contributed by atoms with Gasteiger partial charge in [-0.1, -0.05) is 0 Å². The zero-order valence-corrected chi connectivity index (χ0v) is 8.45. The highest BCUT2D eigenvalue weighted by Gasteiger charge is 2.02. The summed E-state index contributed by atoms with van der Waals surface area (Å²) in [4.78, 5) is 0.